The van der Waals surface area contributed by atoms with Gasteiger partial charge in [0, 0.05) is 42.2 Å². The molecule has 0 radical (unpaired) electrons. The summed E-state index contributed by atoms with van der Waals surface area (Å²) in [7, 11) is -3.73. The lowest BCUT2D eigenvalue weighted by Gasteiger charge is -2.63. The lowest BCUT2D eigenvalue weighted by molar-refractivity contribution is -0.0984. The number of carbonyl (C=O) groups excluding carboxylic acids is 2. The maximum atomic E-state index is 13.9. The number of hydrogen-bond acceptors (Lipinski definition) is 6. The third-order valence-electron chi connectivity index (χ3n) is 11.0. The van der Waals surface area contributed by atoms with Gasteiger partial charge < -0.3 is 19.6 Å². The van der Waals surface area contributed by atoms with Crippen LogP contribution in [-0.4, -0.2) is 72.4 Å². The number of carbonyl (C=O) groups is 2. The molecule has 4 aliphatic rings. The number of phenolic OH excluding ortho intramolecular Hbond substituents is 1. The van der Waals surface area contributed by atoms with Crippen LogP contribution in [-0.2, 0) is 20.0 Å². The van der Waals surface area contributed by atoms with Crippen LogP contribution >= 0.6 is 0 Å². The summed E-state index contributed by atoms with van der Waals surface area (Å²) >= 11 is 0. The Morgan fingerprint density at radius 1 is 1.02 bits per heavy atom. The fourth-order valence-electron chi connectivity index (χ4n) is 9.09. The van der Waals surface area contributed by atoms with E-state index in [2.05, 4.69) is 27.7 Å². The van der Waals surface area contributed by atoms with Crippen LogP contribution < -0.4 is 0 Å². The minimum absolute atomic E-state index is 0.0439. The number of ether oxygens (including phenoxy) is 1. The average Bonchev–Trinajstić information content (AvgIpc) is 2.83. The molecule has 2 saturated carbocycles. The van der Waals surface area contributed by atoms with E-state index in [0.717, 1.165) is 32.1 Å². The van der Waals surface area contributed by atoms with Crippen LogP contribution in [0.25, 0.3) is 0 Å². The Labute approximate surface area is 245 Å². The predicted molar refractivity (Wildman–Crippen MR) is 158 cm³/mol. The number of fused-ring (bicyclic) bond motifs is 5. The van der Waals surface area contributed by atoms with Gasteiger partial charge in [-0.3, -0.25) is 4.79 Å². The monoisotopic (exact) mass is 588 g/mol. The van der Waals surface area contributed by atoms with Gasteiger partial charge in [0.25, 0.3) is 5.91 Å². The highest BCUT2D eigenvalue weighted by Crippen LogP contribution is 2.67. The lowest BCUT2D eigenvalue weighted by atomic mass is 9.43. The molecule has 0 spiro atoms. The second-order valence-electron chi connectivity index (χ2n) is 15.3. The molecular weight excluding hydrogens is 540 g/mol. The van der Waals surface area contributed by atoms with Crippen molar-refractivity contribution in [1.82, 2.24) is 9.80 Å². The first-order valence-electron chi connectivity index (χ1n) is 15.2. The Morgan fingerprint density at radius 3 is 2.34 bits per heavy atom. The molecule has 2 aliphatic carbocycles. The van der Waals surface area contributed by atoms with E-state index >= 15 is 0 Å². The fraction of sp³-hybridized carbons (Fsp3) is 0.750. The molecule has 1 N–H and O–H groups in total. The highest BCUT2D eigenvalue weighted by molar-refractivity contribution is 7.91. The van der Waals surface area contributed by atoms with Crippen LogP contribution in [0, 0.1) is 22.7 Å². The van der Waals surface area contributed by atoms with Gasteiger partial charge in [-0.1, -0.05) is 34.1 Å². The fourth-order valence-corrected chi connectivity index (χ4v) is 11.4. The Hall–Kier alpha value is -2.29. The van der Waals surface area contributed by atoms with E-state index in [9.17, 15) is 23.1 Å². The standard InChI is InChI=1S/C32H48N2O6S/c1-20-18-33(14-15-34(20)28(37)40-29(2,3)4)27(36)21-16-22(35)26-23(17-21)41(38,39)19-25-31(7)12-9-11-30(5,6)24(31)10-13-32(25,26)8/h16-17,20,24-25,35H,9-15,18-19H2,1-8H3/t20?,24-,25+,31-,32+/m0/s1. The van der Waals surface area contributed by atoms with Gasteiger partial charge in [-0.25, -0.2) is 13.2 Å². The van der Waals surface area contributed by atoms with Crippen molar-refractivity contribution in [3.63, 3.8) is 0 Å². The summed E-state index contributed by atoms with van der Waals surface area (Å²) in [5.74, 6) is -0.0597. The van der Waals surface area contributed by atoms with Crippen molar-refractivity contribution in [1.29, 1.82) is 0 Å². The van der Waals surface area contributed by atoms with E-state index in [1.165, 1.54) is 12.1 Å². The molecule has 0 aromatic heterocycles. The van der Waals surface area contributed by atoms with E-state index in [1.54, 1.807) is 9.80 Å². The van der Waals surface area contributed by atoms with E-state index < -0.39 is 26.9 Å². The highest BCUT2D eigenvalue weighted by Gasteiger charge is 2.62. The Kier molecular flexibility index (Phi) is 7.08. The number of hydrogen-bond donors (Lipinski definition) is 1. The highest BCUT2D eigenvalue weighted by atomic mass is 32.2. The van der Waals surface area contributed by atoms with Crippen molar-refractivity contribution in [2.75, 3.05) is 25.4 Å². The van der Waals surface area contributed by atoms with E-state index in [-0.39, 0.29) is 57.2 Å². The molecule has 41 heavy (non-hydrogen) atoms. The van der Waals surface area contributed by atoms with Gasteiger partial charge in [-0.2, -0.15) is 0 Å². The summed E-state index contributed by atoms with van der Waals surface area (Å²) in [4.78, 5) is 29.7. The molecule has 228 valence electrons. The predicted octanol–water partition coefficient (Wildman–Crippen LogP) is 5.76. The zero-order valence-corrected chi connectivity index (χ0v) is 26.9. The number of piperazine rings is 1. The van der Waals surface area contributed by atoms with Gasteiger partial charge in [-0.05, 0) is 88.2 Å². The molecule has 0 bridgehead atoms. The van der Waals surface area contributed by atoms with E-state index in [4.69, 9.17) is 4.74 Å². The molecule has 5 atom stereocenters. The van der Waals surface area contributed by atoms with Gasteiger partial charge in [0.15, 0.2) is 9.84 Å². The van der Waals surface area contributed by atoms with Crippen LogP contribution in [0.1, 0.15) is 103 Å². The van der Waals surface area contributed by atoms with Gasteiger partial charge >= 0.3 is 6.09 Å². The van der Waals surface area contributed by atoms with Crippen LogP contribution in [0.5, 0.6) is 5.75 Å². The summed E-state index contributed by atoms with van der Waals surface area (Å²) in [5.41, 5.74) is -0.417. The number of benzene rings is 1. The first-order chi connectivity index (χ1) is 18.8. The van der Waals surface area contributed by atoms with E-state index in [0.29, 0.717) is 24.6 Å². The number of phenols is 1. The van der Waals surface area contributed by atoms with Crippen LogP contribution in [0.3, 0.4) is 0 Å². The average molecular weight is 589 g/mol. The topological polar surface area (TPSA) is 104 Å². The van der Waals surface area contributed by atoms with Crippen LogP contribution in [0.4, 0.5) is 4.79 Å². The summed E-state index contributed by atoms with van der Waals surface area (Å²) < 4.78 is 33.4. The zero-order chi connectivity index (χ0) is 30.3. The summed E-state index contributed by atoms with van der Waals surface area (Å²) in [6.45, 7) is 17.3. The maximum absolute atomic E-state index is 13.9. The molecular formula is C32H48N2O6S. The molecule has 1 aromatic carbocycles. The lowest BCUT2D eigenvalue weighted by Crippen LogP contribution is -2.60. The molecule has 5 rings (SSSR count). The normalized spacial score (nSPS) is 34.2. The number of sulfone groups is 1. The molecule has 3 fully saturated rings. The Bertz CT molecular complexity index is 1360. The molecule has 2 aliphatic heterocycles. The van der Waals surface area contributed by atoms with Crippen LogP contribution in [0.2, 0.25) is 0 Å². The quantitative estimate of drug-likeness (QED) is 0.447. The van der Waals surface area contributed by atoms with Gasteiger partial charge in [0.2, 0.25) is 0 Å². The third kappa shape index (κ3) is 4.94. The van der Waals surface area contributed by atoms with E-state index in [1.807, 2.05) is 27.7 Å². The zero-order valence-electron chi connectivity index (χ0n) is 26.0. The number of nitrogens with zero attached hydrogens (tertiary/aromatic N) is 2. The minimum Gasteiger partial charge on any atom is -0.508 e. The van der Waals surface area contributed by atoms with Crippen molar-refractivity contribution in [2.24, 2.45) is 22.7 Å². The minimum atomic E-state index is -3.73. The molecule has 2 amide bonds. The maximum Gasteiger partial charge on any atom is 0.410 e. The summed E-state index contributed by atoms with van der Waals surface area (Å²) in [6, 6.07) is 2.69. The first kappa shape index (κ1) is 30.2. The van der Waals surface area contributed by atoms with Gasteiger partial charge in [0.05, 0.1) is 10.6 Å². The largest absolute Gasteiger partial charge is 0.508 e. The summed E-state index contributed by atoms with van der Waals surface area (Å²) in [6.07, 6.45) is 4.63. The van der Waals surface area contributed by atoms with Crippen molar-refractivity contribution in [2.45, 2.75) is 109 Å². The van der Waals surface area contributed by atoms with Gasteiger partial charge in [0.1, 0.15) is 11.4 Å². The molecule has 1 saturated heterocycles. The Balaban J connectivity index is 1.45. The molecule has 8 nitrogen and oxygen atoms in total. The van der Waals surface area contributed by atoms with Gasteiger partial charge in [-0.15, -0.1) is 0 Å². The van der Waals surface area contributed by atoms with Crippen molar-refractivity contribution >= 4 is 21.8 Å². The third-order valence-corrected chi connectivity index (χ3v) is 12.7. The summed E-state index contributed by atoms with van der Waals surface area (Å²) in [5, 5.41) is 11.5. The smallest absolute Gasteiger partial charge is 0.410 e. The number of aromatic hydroxyl groups is 1. The first-order valence-corrected chi connectivity index (χ1v) is 16.8. The SMILES string of the molecule is CC1CN(C(=O)c2cc(O)c3c(c2)S(=O)(=O)C[C@@H]2[C@@]4(C)CCCC(C)(C)[C@@H]4CC[C@@]32C)CCN1C(=O)OC(C)(C)C. The van der Waals surface area contributed by atoms with Crippen molar-refractivity contribution < 1.29 is 27.9 Å². The van der Waals surface area contributed by atoms with Crippen molar-refractivity contribution in [3.8, 4) is 5.75 Å². The number of amides is 2. The molecule has 1 unspecified atom stereocenters. The Morgan fingerprint density at radius 2 is 1.71 bits per heavy atom. The second-order valence-corrected chi connectivity index (χ2v) is 17.3. The molecule has 1 aromatic rings. The number of rotatable bonds is 1. The van der Waals surface area contributed by atoms with Crippen LogP contribution in [0.15, 0.2) is 17.0 Å². The molecule has 2 heterocycles. The second kappa shape index (κ2) is 9.61. The molecule has 9 heteroatoms. The van der Waals surface area contributed by atoms with Crippen molar-refractivity contribution in [3.05, 3.63) is 23.3 Å².